The summed E-state index contributed by atoms with van der Waals surface area (Å²) in [6, 6.07) is 11.4. The van der Waals surface area contributed by atoms with Crippen LogP contribution in [0.4, 0.5) is 5.13 Å². The van der Waals surface area contributed by atoms with Crippen LogP contribution in [0.5, 0.6) is 5.75 Å². The van der Waals surface area contributed by atoms with Gasteiger partial charge in [-0.15, -0.1) is 0 Å². The number of fused-ring (bicyclic) bond motifs is 1. The SMILES string of the molecule is COc1ccc2nc(NC(=O)C3(S(=O)(=O)c4ccc(Cl)cc4)CCCC3)sc2c1. The predicted molar refractivity (Wildman–Crippen MR) is 115 cm³/mol. The summed E-state index contributed by atoms with van der Waals surface area (Å²) in [5, 5.41) is 3.58. The molecule has 0 saturated heterocycles. The first-order chi connectivity index (χ1) is 13.9. The summed E-state index contributed by atoms with van der Waals surface area (Å²) in [5.41, 5.74) is 0.715. The van der Waals surface area contributed by atoms with Crippen molar-refractivity contribution in [2.24, 2.45) is 0 Å². The molecule has 1 fully saturated rings. The Morgan fingerprint density at radius 1 is 1.17 bits per heavy atom. The van der Waals surface area contributed by atoms with Gasteiger partial charge in [0.15, 0.2) is 19.7 Å². The molecule has 6 nitrogen and oxygen atoms in total. The first kappa shape index (κ1) is 20.1. The molecule has 0 spiro atoms. The van der Waals surface area contributed by atoms with E-state index < -0.39 is 20.5 Å². The van der Waals surface area contributed by atoms with Gasteiger partial charge in [0.1, 0.15) is 5.75 Å². The number of ether oxygens (including phenoxy) is 1. The van der Waals surface area contributed by atoms with E-state index >= 15 is 0 Å². The van der Waals surface area contributed by atoms with Gasteiger partial charge in [-0.25, -0.2) is 13.4 Å². The zero-order valence-corrected chi connectivity index (χ0v) is 18.0. The fourth-order valence-electron chi connectivity index (χ4n) is 3.70. The van der Waals surface area contributed by atoms with E-state index in [2.05, 4.69) is 10.3 Å². The minimum Gasteiger partial charge on any atom is -0.497 e. The number of carbonyl (C=O) groups excluding carboxylic acids is 1. The highest BCUT2D eigenvalue weighted by atomic mass is 35.5. The van der Waals surface area contributed by atoms with E-state index in [0.717, 1.165) is 4.70 Å². The van der Waals surface area contributed by atoms with Crippen LogP contribution in [0, 0.1) is 0 Å². The molecule has 1 aliphatic rings. The minimum absolute atomic E-state index is 0.105. The fourth-order valence-corrected chi connectivity index (χ4v) is 6.78. The third-order valence-electron chi connectivity index (χ3n) is 5.28. The number of hydrogen-bond donors (Lipinski definition) is 1. The molecule has 0 aliphatic heterocycles. The fraction of sp³-hybridized carbons (Fsp3) is 0.300. The van der Waals surface area contributed by atoms with E-state index in [1.54, 1.807) is 19.2 Å². The molecule has 9 heteroatoms. The van der Waals surface area contributed by atoms with Gasteiger partial charge in [-0.3, -0.25) is 4.79 Å². The number of sulfone groups is 1. The van der Waals surface area contributed by atoms with Crippen LogP contribution >= 0.6 is 22.9 Å². The van der Waals surface area contributed by atoms with Crippen molar-refractivity contribution in [3.8, 4) is 5.75 Å². The highest BCUT2D eigenvalue weighted by Gasteiger charge is 2.53. The number of rotatable bonds is 5. The predicted octanol–water partition coefficient (Wildman–Crippen LogP) is 4.68. The first-order valence-electron chi connectivity index (χ1n) is 9.12. The van der Waals surface area contributed by atoms with Crippen LogP contribution in [0.25, 0.3) is 10.2 Å². The van der Waals surface area contributed by atoms with Gasteiger partial charge >= 0.3 is 0 Å². The van der Waals surface area contributed by atoms with Crippen LogP contribution in [-0.2, 0) is 14.6 Å². The van der Waals surface area contributed by atoms with Crippen molar-refractivity contribution in [2.75, 3.05) is 12.4 Å². The second kappa shape index (κ2) is 7.59. The molecule has 1 aromatic heterocycles. The highest BCUT2D eigenvalue weighted by molar-refractivity contribution is 7.93. The zero-order valence-electron chi connectivity index (χ0n) is 15.6. The Morgan fingerprint density at radius 2 is 1.86 bits per heavy atom. The number of carbonyl (C=O) groups is 1. The van der Waals surface area contributed by atoms with Gasteiger partial charge in [0, 0.05) is 5.02 Å². The molecule has 0 unspecified atom stereocenters. The van der Waals surface area contributed by atoms with Gasteiger partial charge in [0.05, 0.1) is 22.2 Å². The van der Waals surface area contributed by atoms with Crippen molar-refractivity contribution in [3.05, 3.63) is 47.5 Å². The zero-order chi connectivity index (χ0) is 20.6. The van der Waals surface area contributed by atoms with Crippen LogP contribution in [0.3, 0.4) is 0 Å². The average Bonchev–Trinajstić information content (AvgIpc) is 3.35. The smallest absolute Gasteiger partial charge is 0.248 e. The van der Waals surface area contributed by atoms with E-state index in [9.17, 15) is 13.2 Å². The summed E-state index contributed by atoms with van der Waals surface area (Å²) in [7, 11) is -2.31. The lowest BCUT2D eigenvalue weighted by molar-refractivity contribution is -0.118. The topological polar surface area (TPSA) is 85.4 Å². The summed E-state index contributed by atoms with van der Waals surface area (Å²) in [5.74, 6) is 0.160. The van der Waals surface area contributed by atoms with Gasteiger partial charge in [-0.1, -0.05) is 35.8 Å². The normalized spacial score (nSPS) is 16.1. The Bertz CT molecular complexity index is 1170. The number of anilines is 1. The lowest BCUT2D eigenvalue weighted by Crippen LogP contribution is -2.47. The molecule has 2 aromatic carbocycles. The number of nitrogens with one attached hydrogen (secondary N) is 1. The second-order valence-corrected chi connectivity index (χ2v) is 10.7. The lowest BCUT2D eigenvalue weighted by atomic mass is 10.1. The second-order valence-electron chi connectivity index (χ2n) is 6.97. The molecule has 1 N–H and O–H groups in total. The molecule has 1 amide bonds. The maximum absolute atomic E-state index is 13.4. The van der Waals surface area contributed by atoms with E-state index in [4.69, 9.17) is 16.3 Å². The Kier molecular flexibility index (Phi) is 5.27. The molecular formula is C20H19ClN2O4S2. The van der Waals surface area contributed by atoms with Crippen LogP contribution in [-0.4, -0.2) is 31.2 Å². The molecular weight excluding hydrogens is 432 g/mol. The molecule has 0 atom stereocenters. The Morgan fingerprint density at radius 3 is 2.52 bits per heavy atom. The van der Waals surface area contributed by atoms with Crippen molar-refractivity contribution in [1.82, 2.24) is 4.98 Å². The van der Waals surface area contributed by atoms with E-state index in [1.165, 1.54) is 35.6 Å². The van der Waals surface area contributed by atoms with Gasteiger partial charge in [-0.2, -0.15) is 0 Å². The Labute approximate surface area is 177 Å². The van der Waals surface area contributed by atoms with Crippen molar-refractivity contribution in [2.45, 2.75) is 35.3 Å². The average molecular weight is 451 g/mol. The lowest BCUT2D eigenvalue weighted by Gasteiger charge is -2.27. The van der Waals surface area contributed by atoms with Crippen LogP contribution < -0.4 is 10.1 Å². The third-order valence-corrected chi connectivity index (χ3v) is 8.98. The number of halogens is 1. The van der Waals surface area contributed by atoms with Crippen molar-refractivity contribution in [3.63, 3.8) is 0 Å². The largest absolute Gasteiger partial charge is 0.497 e. The van der Waals surface area contributed by atoms with Crippen molar-refractivity contribution < 1.29 is 17.9 Å². The van der Waals surface area contributed by atoms with Gasteiger partial charge in [0.25, 0.3) is 0 Å². The van der Waals surface area contributed by atoms with E-state index in [1.807, 2.05) is 6.07 Å². The summed E-state index contributed by atoms with van der Waals surface area (Å²) in [6.45, 7) is 0. The number of aromatic nitrogens is 1. The number of benzene rings is 2. The molecule has 4 rings (SSSR count). The monoisotopic (exact) mass is 450 g/mol. The molecule has 1 saturated carbocycles. The summed E-state index contributed by atoms with van der Waals surface area (Å²) < 4.78 is 31.4. The molecule has 1 heterocycles. The molecule has 0 radical (unpaired) electrons. The van der Waals surface area contributed by atoms with Gasteiger partial charge in [0.2, 0.25) is 5.91 Å². The minimum atomic E-state index is -3.89. The summed E-state index contributed by atoms with van der Waals surface area (Å²) >= 11 is 7.18. The molecule has 1 aliphatic carbocycles. The summed E-state index contributed by atoms with van der Waals surface area (Å²) in [6.07, 6.45) is 1.92. The van der Waals surface area contributed by atoms with Gasteiger partial charge in [-0.05, 0) is 55.3 Å². The van der Waals surface area contributed by atoms with Crippen LogP contribution in [0.15, 0.2) is 47.4 Å². The first-order valence-corrected chi connectivity index (χ1v) is 11.8. The molecule has 0 bridgehead atoms. The highest BCUT2D eigenvalue weighted by Crippen LogP contribution is 2.42. The number of nitrogens with zero attached hydrogens (tertiary/aromatic N) is 1. The van der Waals surface area contributed by atoms with E-state index in [0.29, 0.717) is 34.3 Å². The van der Waals surface area contributed by atoms with E-state index in [-0.39, 0.29) is 17.7 Å². The van der Waals surface area contributed by atoms with Crippen LogP contribution in [0.2, 0.25) is 5.02 Å². The maximum Gasteiger partial charge on any atom is 0.248 e. The van der Waals surface area contributed by atoms with Gasteiger partial charge < -0.3 is 10.1 Å². The Balaban J connectivity index is 1.68. The third kappa shape index (κ3) is 3.49. The van der Waals surface area contributed by atoms with Crippen LogP contribution in [0.1, 0.15) is 25.7 Å². The molecule has 3 aromatic rings. The molecule has 152 valence electrons. The maximum atomic E-state index is 13.4. The molecule has 29 heavy (non-hydrogen) atoms. The standard InChI is InChI=1S/C20H19ClN2O4S2/c1-27-14-6-9-16-17(12-14)28-19(22-16)23-18(24)20(10-2-3-11-20)29(25,26)15-7-4-13(21)5-8-15/h4-9,12H,2-3,10-11H2,1H3,(H,22,23,24). The van der Waals surface area contributed by atoms with Crippen molar-refractivity contribution >= 4 is 54.0 Å². The Hall–Kier alpha value is -2.16. The number of hydrogen-bond acceptors (Lipinski definition) is 6. The summed E-state index contributed by atoms with van der Waals surface area (Å²) in [4.78, 5) is 17.8. The number of methoxy groups -OCH3 is 1. The quantitative estimate of drug-likeness (QED) is 0.609. The number of amides is 1. The van der Waals surface area contributed by atoms with Crippen molar-refractivity contribution in [1.29, 1.82) is 0 Å². The number of thiazole rings is 1.